The lowest BCUT2D eigenvalue weighted by molar-refractivity contribution is -0.137. The van der Waals surface area contributed by atoms with Crippen molar-refractivity contribution < 1.29 is 18.0 Å². The summed E-state index contributed by atoms with van der Waals surface area (Å²) < 4.78 is 40.3. The number of piperazine rings is 1. The number of amides is 2. The standard InChI is InChI=1S/C20H27F3N6O/c1-27-15-17(14-25-27)26-19(30)24-7-2-3-8-28-9-11-29(12-10-28)18-6-4-5-16(13-18)20(21,22)23/h4-6,13-15H,2-3,7-12H2,1H3,(H2,24,26,30). The fourth-order valence-corrected chi connectivity index (χ4v) is 3.43. The molecule has 1 fully saturated rings. The summed E-state index contributed by atoms with van der Waals surface area (Å²) in [5.74, 6) is 0. The maximum Gasteiger partial charge on any atom is 0.416 e. The molecule has 2 amide bonds. The molecule has 0 atom stereocenters. The Kier molecular flexibility index (Phi) is 7.20. The summed E-state index contributed by atoms with van der Waals surface area (Å²) in [6.45, 7) is 4.51. The summed E-state index contributed by atoms with van der Waals surface area (Å²) in [5.41, 5.74) is 0.657. The fourth-order valence-electron chi connectivity index (χ4n) is 3.43. The molecular weight excluding hydrogens is 397 g/mol. The smallest absolute Gasteiger partial charge is 0.369 e. The summed E-state index contributed by atoms with van der Waals surface area (Å²) in [6.07, 6.45) is 0.781. The van der Waals surface area contributed by atoms with Gasteiger partial charge in [-0.05, 0) is 37.6 Å². The van der Waals surface area contributed by atoms with Crippen LogP contribution in [-0.2, 0) is 13.2 Å². The van der Waals surface area contributed by atoms with Gasteiger partial charge in [-0.15, -0.1) is 0 Å². The van der Waals surface area contributed by atoms with Crippen LogP contribution in [0.3, 0.4) is 0 Å². The van der Waals surface area contributed by atoms with E-state index in [4.69, 9.17) is 0 Å². The van der Waals surface area contributed by atoms with E-state index in [0.717, 1.165) is 38.5 Å². The van der Waals surface area contributed by atoms with Crippen molar-refractivity contribution in [1.29, 1.82) is 0 Å². The zero-order valence-corrected chi connectivity index (χ0v) is 17.0. The summed E-state index contributed by atoms with van der Waals surface area (Å²) in [5, 5.41) is 9.52. The van der Waals surface area contributed by atoms with Crippen molar-refractivity contribution in [2.45, 2.75) is 19.0 Å². The number of hydrogen-bond acceptors (Lipinski definition) is 4. The third-order valence-corrected chi connectivity index (χ3v) is 5.06. The second kappa shape index (κ2) is 9.84. The number of aromatic nitrogens is 2. The minimum atomic E-state index is -4.32. The second-order valence-electron chi connectivity index (χ2n) is 7.37. The van der Waals surface area contributed by atoms with Crippen LogP contribution < -0.4 is 15.5 Å². The first-order chi connectivity index (χ1) is 14.3. The van der Waals surface area contributed by atoms with Crippen LogP contribution in [-0.4, -0.2) is 60.0 Å². The molecular formula is C20H27F3N6O. The van der Waals surface area contributed by atoms with Crippen LogP contribution in [0.4, 0.5) is 29.3 Å². The lowest BCUT2D eigenvalue weighted by Gasteiger charge is -2.36. The zero-order chi connectivity index (χ0) is 21.6. The van der Waals surface area contributed by atoms with Gasteiger partial charge in [-0.3, -0.25) is 9.58 Å². The Morgan fingerprint density at radius 1 is 1.17 bits per heavy atom. The highest BCUT2D eigenvalue weighted by atomic mass is 19.4. The molecule has 1 aliphatic rings. The average Bonchev–Trinajstić information content (AvgIpc) is 3.12. The molecule has 0 unspecified atom stereocenters. The predicted molar refractivity (Wildman–Crippen MR) is 110 cm³/mol. The number of benzene rings is 1. The van der Waals surface area contributed by atoms with Gasteiger partial charge >= 0.3 is 12.2 Å². The van der Waals surface area contributed by atoms with Gasteiger partial charge in [0.15, 0.2) is 0 Å². The molecule has 1 aliphatic heterocycles. The summed E-state index contributed by atoms with van der Waals surface area (Å²) in [6, 6.07) is 5.26. The lowest BCUT2D eigenvalue weighted by Crippen LogP contribution is -2.46. The summed E-state index contributed by atoms with van der Waals surface area (Å²) in [7, 11) is 1.78. The fraction of sp³-hybridized carbons (Fsp3) is 0.500. The van der Waals surface area contributed by atoms with Crippen molar-refractivity contribution >= 4 is 17.4 Å². The van der Waals surface area contributed by atoms with Gasteiger partial charge in [-0.25, -0.2) is 4.79 Å². The van der Waals surface area contributed by atoms with Crippen LogP contribution in [0.15, 0.2) is 36.7 Å². The van der Waals surface area contributed by atoms with Crippen LogP contribution in [0, 0.1) is 0 Å². The van der Waals surface area contributed by atoms with Crippen molar-refractivity contribution in [3.8, 4) is 0 Å². The SMILES string of the molecule is Cn1cc(NC(=O)NCCCCN2CCN(c3cccc(C(F)(F)F)c3)CC2)cn1. The number of carbonyl (C=O) groups excluding carboxylic acids is 1. The normalized spacial score (nSPS) is 15.3. The number of unbranched alkanes of at least 4 members (excludes halogenated alkanes) is 1. The number of alkyl halides is 3. The lowest BCUT2D eigenvalue weighted by atomic mass is 10.1. The molecule has 2 aromatic rings. The van der Waals surface area contributed by atoms with Crippen molar-refractivity contribution in [3.05, 3.63) is 42.2 Å². The Morgan fingerprint density at radius 2 is 1.93 bits per heavy atom. The first-order valence-electron chi connectivity index (χ1n) is 9.99. The largest absolute Gasteiger partial charge is 0.416 e. The van der Waals surface area contributed by atoms with Gasteiger partial charge in [0.25, 0.3) is 0 Å². The van der Waals surface area contributed by atoms with Crippen LogP contribution in [0.2, 0.25) is 0 Å². The van der Waals surface area contributed by atoms with Gasteiger partial charge in [0.05, 0.1) is 17.4 Å². The number of urea groups is 1. The van der Waals surface area contributed by atoms with E-state index in [1.807, 2.05) is 4.90 Å². The van der Waals surface area contributed by atoms with E-state index < -0.39 is 11.7 Å². The van der Waals surface area contributed by atoms with Gasteiger partial charge in [0.1, 0.15) is 0 Å². The maximum atomic E-state index is 12.9. The number of anilines is 2. The Bertz CT molecular complexity index is 830. The van der Waals surface area contributed by atoms with E-state index in [1.165, 1.54) is 12.1 Å². The van der Waals surface area contributed by atoms with Gasteiger partial charge < -0.3 is 15.5 Å². The summed E-state index contributed by atoms with van der Waals surface area (Å²) in [4.78, 5) is 16.1. The molecule has 1 aromatic heterocycles. The number of hydrogen-bond donors (Lipinski definition) is 2. The van der Waals surface area contributed by atoms with E-state index in [0.29, 0.717) is 31.0 Å². The quantitative estimate of drug-likeness (QED) is 0.671. The van der Waals surface area contributed by atoms with Crippen LogP contribution in [0.5, 0.6) is 0 Å². The van der Waals surface area contributed by atoms with E-state index in [2.05, 4.69) is 20.6 Å². The molecule has 10 heteroatoms. The highest BCUT2D eigenvalue weighted by molar-refractivity contribution is 5.88. The molecule has 2 heterocycles. The predicted octanol–water partition coefficient (Wildman–Crippen LogP) is 3.16. The number of nitrogens with one attached hydrogen (secondary N) is 2. The van der Waals surface area contributed by atoms with Gasteiger partial charge in [0, 0.05) is 51.7 Å². The average molecular weight is 424 g/mol. The van der Waals surface area contributed by atoms with E-state index >= 15 is 0 Å². The van der Waals surface area contributed by atoms with Crippen molar-refractivity contribution in [2.75, 3.05) is 49.5 Å². The van der Waals surface area contributed by atoms with Crippen LogP contribution in [0.1, 0.15) is 18.4 Å². The van der Waals surface area contributed by atoms with Gasteiger partial charge in [-0.2, -0.15) is 18.3 Å². The van der Waals surface area contributed by atoms with Crippen LogP contribution in [0.25, 0.3) is 0 Å². The van der Waals surface area contributed by atoms with E-state index in [1.54, 1.807) is 30.2 Å². The number of nitrogens with zero attached hydrogens (tertiary/aromatic N) is 4. The number of carbonyl (C=O) groups is 1. The molecule has 30 heavy (non-hydrogen) atoms. The Labute approximate surface area is 173 Å². The van der Waals surface area contributed by atoms with E-state index in [9.17, 15) is 18.0 Å². The molecule has 2 N–H and O–H groups in total. The Morgan fingerprint density at radius 3 is 2.60 bits per heavy atom. The monoisotopic (exact) mass is 424 g/mol. The first kappa shape index (κ1) is 21.9. The zero-order valence-electron chi connectivity index (χ0n) is 17.0. The molecule has 0 saturated carbocycles. The highest BCUT2D eigenvalue weighted by Gasteiger charge is 2.31. The molecule has 1 saturated heterocycles. The second-order valence-corrected chi connectivity index (χ2v) is 7.37. The Balaban J connectivity index is 1.31. The third kappa shape index (κ3) is 6.38. The van der Waals surface area contributed by atoms with Crippen molar-refractivity contribution in [1.82, 2.24) is 20.0 Å². The number of halogens is 3. The molecule has 0 spiro atoms. The van der Waals surface area contributed by atoms with Crippen LogP contribution >= 0.6 is 0 Å². The molecule has 0 radical (unpaired) electrons. The summed E-state index contributed by atoms with van der Waals surface area (Å²) >= 11 is 0. The molecule has 0 aliphatic carbocycles. The molecule has 1 aromatic carbocycles. The first-order valence-corrected chi connectivity index (χ1v) is 9.99. The minimum Gasteiger partial charge on any atom is -0.369 e. The molecule has 0 bridgehead atoms. The molecule has 164 valence electrons. The molecule has 3 rings (SSSR count). The number of rotatable bonds is 7. The number of aryl methyl sites for hydroxylation is 1. The van der Waals surface area contributed by atoms with Crippen molar-refractivity contribution in [3.63, 3.8) is 0 Å². The van der Waals surface area contributed by atoms with Gasteiger partial charge in [-0.1, -0.05) is 6.07 Å². The minimum absolute atomic E-state index is 0.252. The topological polar surface area (TPSA) is 65.4 Å². The Hall–Kier alpha value is -2.75. The highest BCUT2D eigenvalue weighted by Crippen LogP contribution is 2.31. The van der Waals surface area contributed by atoms with Crippen molar-refractivity contribution in [2.24, 2.45) is 7.05 Å². The third-order valence-electron chi connectivity index (χ3n) is 5.06. The van der Waals surface area contributed by atoms with E-state index in [-0.39, 0.29) is 6.03 Å². The molecule has 7 nitrogen and oxygen atoms in total. The maximum absolute atomic E-state index is 12.9. The van der Waals surface area contributed by atoms with Gasteiger partial charge in [0.2, 0.25) is 0 Å².